The molecule has 1 aliphatic rings. The Balaban J connectivity index is 1.53. The highest BCUT2D eigenvalue weighted by atomic mass is 16.6. The molecule has 3 atom stereocenters. The predicted octanol–water partition coefficient (Wildman–Crippen LogP) is 2.99. The normalized spacial score (nSPS) is 18.5. The van der Waals surface area contributed by atoms with Gasteiger partial charge in [-0.2, -0.15) is 0 Å². The number of hydrogen-bond acceptors (Lipinski definition) is 8. The summed E-state index contributed by atoms with van der Waals surface area (Å²) in [6.07, 6.45) is -1.00. The minimum absolute atomic E-state index is 0.0192. The second-order valence-electron chi connectivity index (χ2n) is 10.4. The average molecular weight is 589 g/mol. The molecule has 0 saturated carbocycles. The maximum absolute atomic E-state index is 13.1. The van der Waals surface area contributed by atoms with Crippen molar-refractivity contribution in [2.24, 2.45) is 0 Å². The van der Waals surface area contributed by atoms with Gasteiger partial charge in [-0.1, -0.05) is 54.6 Å². The van der Waals surface area contributed by atoms with Crippen LogP contribution >= 0.6 is 0 Å². The average Bonchev–Trinajstić information content (AvgIpc) is 3.42. The van der Waals surface area contributed by atoms with Crippen molar-refractivity contribution in [3.05, 3.63) is 128 Å². The number of aryl methyl sites for hydroxylation is 1. The molecule has 1 fully saturated rings. The maximum Gasteiger partial charge on any atom is 0.333 e. The van der Waals surface area contributed by atoms with Crippen LogP contribution in [0.3, 0.4) is 0 Å². The van der Waals surface area contributed by atoms with Gasteiger partial charge in [-0.25, -0.2) is 4.79 Å². The van der Waals surface area contributed by atoms with Crippen molar-refractivity contribution in [2.45, 2.75) is 43.9 Å². The highest BCUT2D eigenvalue weighted by Gasteiger charge is 2.42. The van der Waals surface area contributed by atoms with Gasteiger partial charge in [-0.05, 0) is 47.9 Å². The topological polar surface area (TPSA) is 121 Å². The molecule has 43 heavy (non-hydrogen) atoms. The zero-order chi connectivity index (χ0) is 30.6. The van der Waals surface area contributed by atoms with Crippen LogP contribution < -0.4 is 20.7 Å². The Kier molecular flexibility index (Phi) is 9.12. The Hall–Kier alpha value is -4.22. The lowest BCUT2D eigenvalue weighted by Gasteiger charge is -2.37. The lowest BCUT2D eigenvalue weighted by Crippen LogP contribution is -2.42. The van der Waals surface area contributed by atoms with Crippen LogP contribution in [0.1, 0.15) is 34.9 Å². The van der Waals surface area contributed by atoms with Gasteiger partial charge in [0.05, 0.1) is 40.1 Å². The van der Waals surface area contributed by atoms with Crippen molar-refractivity contribution in [3.8, 4) is 11.5 Å². The number of ether oxygens (including phenoxy) is 4. The second-order valence-corrected chi connectivity index (χ2v) is 10.4. The number of methoxy groups -OCH3 is 2. The lowest BCUT2D eigenvalue weighted by molar-refractivity contribution is -0.0946. The molecular formula is C33H36N2O8. The van der Waals surface area contributed by atoms with E-state index in [9.17, 15) is 19.8 Å². The quantitative estimate of drug-likeness (QED) is 0.257. The Morgan fingerprint density at radius 2 is 1.44 bits per heavy atom. The van der Waals surface area contributed by atoms with E-state index in [0.717, 1.165) is 21.3 Å². The van der Waals surface area contributed by atoms with Crippen LogP contribution in [0.15, 0.2) is 94.6 Å². The highest BCUT2D eigenvalue weighted by molar-refractivity contribution is 5.49. The summed E-state index contributed by atoms with van der Waals surface area (Å²) in [6.45, 7) is 1.08. The molecule has 3 aromatic carbocycles. The fourth-order valence-corrected chi connectivity index (χ4v) is 5.58. The van der Waals surface area contributed by atoms with Crippen LogP contribution in [0.5, 0.6) is 11.5 Å². The molecule has 0 unspecified atom stereocenters. The van der Waals surface area contributed by atoms with Gasteiger partial charge in [-0.3, -0.25) is 13.9 Å². The molecule has 0 spiro atoms. The first-order valence-electron chi connectivity index (χ1n) is 14.1. The van der Waals surface area contributed by atoms with Crippen LogP contribution in [-0.2, 0) is 21.6 Å². The molecule has 0 radical (unpaired) electrons. The maximum atomic E-state index is 13.1. The monoisotopic (exact) mass is 588 g/mol. The largest absolute Gasteiger partial charge is 0.497 e. The molecule has 2 heterocycles. The van der Waals surface area contributed by atoms with Crippen LogP contribution in [-0.4, -0.2) is 59.0 Å². The van der Waals surface area contributed by atoms with E-state index in [1.807, 2.05) is 78.9 Å². The number of hydrogen-bond donors (Lipinski definition) is 2. The first kappa shape index (κ1) is 30.2. The summed E-state index contributed by atoms with van der Waals surface area (Å²) < 4.78 is 26.2. The number of aromatic nitrogens is 2. The predicted molar refractivity (Wildman–Crippen MR) is 160 cm³/mol. The Bertz CT molecular complexity index is 1580. The third-order valence-corrected chi connectivity index (χ3v) is 7.84. The number of aliphatic hydroxyl groups excluding tert-OH is 2. The molecule has 2 N–H and O–H groups in total. The molecule has 5 rings (SSSR count). The number of aliphatic hydroxyl groups is 2. The molecule has 226 valence electrons. The fraction of sp³-hybridized carbons (Fsp3) is 0.333. The molecule has 0 bridgehead atoms. The van der Waals surface area contributed by atoms with Crippen molar-refractivity contribution < 1.29 is 29.2 Å². The van der Waals surface area contributed by atoms with Crippen LogP contribution in [0.2, 0.25) is 0 Å². The van der Waals surface area contributed by atoms with Gasteiger partial charge in [0.15, 0.2) is 0 Å². The first-order valence-corrected chi connectivity index (χ1v) is 14.1. The van der Waals surface area contributed by atoms with E-state index in [0.29, 0.717) is 17.1 Å². The first-order chi connectivity index (χ1) is 20.8. The highest BCUT2D eigenvalue weighted by Crippen LogP contribution is 2.42. The Morgan fingerprint density at radius 1 is 0.884 bits per heavy atom. The summed E-state index contributed by atoms with van der Waals surface area (Å²) in [5, 5.41) is 20.5. The summed E-state index contributed by atoms with van der Waals surface area (Å²) in [4.78, 5) is 25.6. The van der Waals surface area contributed by atoms with Crippen LogP contribution in [0.25, 0.3) is 0 Å². The molecule has 4 aromatic rings. The minimum Gasteiger partial charge on any atom is -0.497 e. The minimum atomic E-state index is -1.11. The molecule has 1 saturated heterocycles. The third kappa shape index (κ3) is 5.87. The fourth-order valence-electron chi connectivity index (χ4n) is 5.58. The van der Waals surface area contributed by atoms with E-state index >= 15 is 0 Å². The summed E-state index contributed by atoms with van der Waals surface area (Å²) in [5.74, 6) is 1.39. The van der Waals surface area contributed by atoms with Gasteiger partial charge in [0.1, 0.15) is 29.4 Å². The van der Waals surface area contributed by atoms with E-state index in [4.69, 9.17) is 18.9 Å². The summed E-state index contributed by atoms with van der Waals surface area (Å²) in [6, 6.07) is 25.0. The zero-order valence-corrected chi connectivity index (χ0v) is 24.4. The standard InChI is InChI=1S/C33H36N2O8/c1-22-20-35(32(39)34(17-18-36)31(22)38)30-19-28(37)29(43-30)21-42-33(23-7-5-4-6-8-23,24-9-13-26(40-2)14-10-24)25-11-15-27(41-3)16-12-25/h4-16,20,28-30,36-37H,17-19,21H2,1-3H3/t28-,29+,30+/m0/s1. The van der Waals surface area contributed by atoms with Gasteiger partial charge < -0.3 is 29.2 Å². The molecule has 1 aromatic heterocycles. The van der Waals surface area contributed by atoms with E-state index in [1.165, 1.54) is 10.8 Å². The second kappa shape index (κ2) is 13.0. The van der Waals surface area contributed by atoms with Gasteiger partial charge in [0.25, 0.3) is 5.56 Å². The van der Waals surface area contributed by atoms with Gasteiger partial charge in [0.2, 0.25) is 0 Å². The number of rotatable bonds is 11. The summed E-state index contributed by atoms with van der Waals surface area (Å²) >= 11 is 0. The molecule has 0 aliphatic carbocycles. The van der Waals surface area contributed by atoms with Crippen LogP contribution in [0.4, 0.5) is 0 Å². The van der Waals surface area contributed by atoms with E-state index in [1.54, 1.807) is 21.1 Å². The number of benzene rings is 3. The van der Waals surface area contributed by atoms with Crippen molar-refractivity contribution in [1.29, 1.82) is 0 Å². The van der Waals surface area contributed by atoms with Crippen LogP contribution in [0, 0.1) is 6.92 Å². The summed E-state index contributed by atoms with van der Waals surface area (Å²) in [7, 11) is 3.22. The smallest absolute Gasteiger partial charge is 0.333 e. The van der Waals surface area contributed by atoms with E-state index in [2.05, 4.69) is 0 Å². The summed E-state index contributed by atoms with van der Waals surface area (Å²) in [5.41, 5.74) is 0.653. The third-order valence-electron chi connectivity index (χ3n) is 7.84. The van der Waals surface area contributed by atoms with Crippen molar-refractivity contribution in [3.63, 3.8) is 0 Å². The SMILES string of the molecule is COc1ccc(C(OC[C@H]2O[C@@H](n3cc(C)c(=O)n(CCO)c3=O)C[C@@H]2O)(c2ccccc2)c2ccc(OC)cc2)cc1. The Labute approximate surface area is 249 Å². The lowest BCUT2D eigenvalue weighted by atomic mass is 9.80. The van der Waals surface area contributed by atoms with Crippen molar-refractivity contribution >= 4 is 0 Å². The van der Waals surface area contributed by atoms with Gasteiger partial charge in [-0.15, -0.1) is 0 Å². The van der Waals surface area contributed by atoms with Gasteiger partial charge >= 0.3 is 5.69 Å². The molecule has 0 amide bonds. The number of nitrogens with zero attached hydrogens (tertiary/aromatic N) is 2. The molecule has 10 nitrogen and oxygen atoms in total. The van der Waals surface area contributed by atoms with E-state index in [-0.39, 0.29) is 26.2 Å². The van der Waals surface area contributed by atoms with E-state index < -0.39 is 35.3 Å². The van der Waals surface area contributed by atoms with Crippen molar-refractivity contribution in [1.82, 2.24) is 9.13 Å². The van der Waals surface area contributed by atoms with Gasteiger partial charge in [0, 0.05) is 18.2 Å². The Morgan fingerprint density at radius 3 is 1.98 bits per heavy atom. The molecule has 1 aliphatic heterocycles. The van der Waals surface area contributed by atoms with Crippen molar-refractivity contribution in [2.75, 3.05) is 27.4 Å². The molecular weight excluding hydrogens is 552 g/mol. The molecule has 10 heteroatoms. The zero-order valence-electron chi connectivity index (χ0n) is 24.4.